The lowest BCUT2D eigenvalue weighted by molar-refractivity contribution is 0.102. The summed E-state index contributed by atoms with van der Waals surface area (Å²) in [5.41, 5.74) is 1.87. The number of hydrogen-bond donors (Lipinski definition) is 2. The second-order valence-corrected chi connectivity index (χ2v) is 8.21. The van der Waals surface area contributed by atoms with Gasteiger partial charge in [0.15, 0.2) is 0 Å². The van der Waals surface area contributed by atoms with Gasteiger partial charge in [-0.2, -0.15) is 0 Å². The van der Waals surface area contributed by atoms with E-state index < -0.39 is 10.0 Å². The smallest absolute Gasteiger partial charge is 0.270 e. The van der Waals surface area contributed by atoms with E-state index in [1.54, 1.807) is 36.5 Å². The number of carbonyl (C=O) groups excluding carboxylic acids is 1. The number of sulfonamides is 1. The summed E-state index contributed by atoms with van der Waals surface area (Å²) in [4.78, 5) is 16.3. The predicted molar refractivity (Wildman–Crippen MR) is 97.3 cm³/mol. The van der Waals surface area contributed by atoms with Crippen molar-refractivity contribution in [2.24, 2.45) is 0 Å². The zero-order valence-corrected chi connectivity index (χ0v) is 15.3. The van der Waals surface area contributed by atoms with E-state index in [4.69, 9.17) is 0 Å². The molecule has 0 fully saturated rings. The minimum atomic E-state index is -3.84. The highest BCUT2D eigenvalue weighted by Crippen LogP contribution is 2.21. The number of carbonyl (C=O) groups is 1. The molecule has 3 aromatic rings. The van der Waals surface area contributed by atoms with Crippen LogP contribution < -0.4 is 10.0 Å². The number of amides is 1. The topological polar surface area (TPSA) is 114 Å². The van der Waals surface area contributed by atoms with Crippen molar-refractivity contribution in [1.29, 1.82) is 0 Å². The molecule has 0 spiro atoms. The number of aromatic nitrogens is 3. The highest BCUT2D eigenvalue weighted by molar-refractivity contribution is 7.91. The van der Waals surface area contributed by atoms with Crippen LogP contribution in [0.5, 0.6) is 0 Å². The van der Waals surface area contributed by atoms with Gasteiger partial charge in [-0.1, -0.05) is 35.6 Å². The van der Waals surface area contributed by atoms with Crippen LogP contribution in [0.3, 0.4) is 0 Å². The quantitative estimate of drug-likeness (QED) is 0.623. The molecule has 26 heavy (non-hydrogen) atoms. The number of rotatable bonds is 6. The van der Waals surface area contributed by atoms with Gasteiger partial charge >= 0.3 is 0 Å². The Morgan fingerprint density at radius 3 is 2.62 bits per heavy atom. The van der Waals surface area contributed by atoms with Crippen molar-refractivity contribution in [2.45, 2.75) is 17.8 Å². The zero-order chi connectivity index (χ0) is 18.6. The molecule has 2 N–H and O–H groups in total. The van der Waals surface area contributed by atoms with Crippen LogP contribution in [0, 0.1) is 6.92 Å². The van der Waals surface area contributed by atoms with Crippen molar-refractivity contribution in [3.63, 3.8) is 0 Å². The molecular weight excluding hydrogens is 374 g/mol. The third kappa shape index (κ3) is 4.28. The predicted octanol–water partition coefficient (Wildman–Crippen LogP) is 1.97. The van der Waals surface area contributed by atoms with Gasteiger partial charge in [-0.05, 0) is 30.7 Å². The molecule has 134 valence electrons. The molecule has 0 aliphatic rings. The number of aryl methyl sites for hydroxylation is 1. The molecule has 0 bridgehead atoms. The van der Waals surface area contributed by atoms with Crippen LogP contribution in [0.2, 0.25) is 0 Å². The Labute approximate surface area is 154 Å². The molecular formula is C16H15N5O3S2. The highest BCUT2D eigenvalue weighted by atomic mass is 32.2. The average Bonchev–Trinajstić information content (AvgIpc) is 3.11. The van der Waals surface area contributed by atoms with Crippen LogP contribution in [0.1, 0.15) is 21.6 Å². The van der Waals surface area contributed by atoms with E-state index in [0.717, 1.165) is 16.9 Å². The van der Waals surface area contributed by atoms with Crippen LogP contribution in [0.15, 0.2) is 53.0 Å². The van der Waals surface area contributed by atoms with E-state index in [0.29, 0.717) is 11.3 Å². The molecule has 0 atom stereocenters. The monoisotopic (exact) mass is 389 g/mol. The van der Waals surface area contributed by atoms with Gasteiger partial charge in [0.1, 0.15) is 0 Å². The first kappa shape index (κ1) is 18.1. The molecule has 0 aliphatic heterocycles. The molecule has 0 unspecified atom stereocenters. The van der Waals surface area contributed by atoms with Gasteiger partial charge in [0.2, 0.25) is 9.47 Å². The van der Waals surface area contributed by atoms with Crippen LogP contribution in [-0.2, 0) is 16.6 Å². The van der Waals surface area contributed by atoms with Crippen LogP contribution in [0.25, 0.3) is 0 Å². The first-order chi connectivity index (χ1) is 12.5. The Balaban J connectivity index is 1.69. The lowest BCUT2D eigenvalue weighted by atomic mass is 10.1. The molecule has 2 heterocycles. The van der Waals surface area contributed by atoms with E-state index in [9.17, 15) is 13.2 Å². The number of hydrogen-bond acceptors (Lipinski definition) is 7. The van der Waals surface area contributed by atoms with E-state index in [2.05, 4.69) is 25.2 Å². The minimum absolute atomic E-state index is 0.0354. The molecule has 10 heteroatoms. The number of nitrogens with zero attached hydrogens (tertiary/aromatic N) is 3. The second kappa shape index (κ2) is 7.68. The molecule has 0 radical (unpaired) electrons. The fraction of sp³-hybridized carbons (Fsp3) is 0.125. The molecule has 0 saturated heterocycles. The largest absolute Gasteiger partial charge is 0.296 e. The van der Waals surface area contributed by atoms with E-state index in [1.165, 1.54) is 0 Å². The Bertz CT molecular complexity index is 1020. The van der Waals surface area contributed by atoms with Gasteiger partial charge in [-0.15, -0.1) is 10.2 Å². The summed E-state index contributed by atoms with van der Waals surface area (Å²) < 4.78 is 26.7. The van der Waals surface area contributed by atoms with Crippen molar-refractivity contribution in [1.82, 2.24) is 19.9 Å². The molecule has 1 aromatic carbocycles. The van der Waals surface area contributed by atoms with Gasteiger partial charge in [0, 0.05) is 11.8 Å². The average molecular weight is 389 g/mol. The Kier molecular flexibility index (Phi) is 5.35. The minimum Gasteiger partial charge on any atom is -0.296 e. The highest BCUT2D eigenvalue weighted by Gasteiger charge is 2.21. The lowest BCUT2D eigenvalue weighted by Gasteiger charge is -2.04. The van der Waals surface area contributed by atoms with Crippen molar-refractivity contribution < 1.29 is 13.2 Å². The fourth-order valence-corrected chi connectivity index (χ4v) is 4.03. The van der Waals surface area contributed by atoms with Crippen LogP contribution in [-0.4, -0.2) is 29.5 Å². The van der Waals surface area contributed by atoms with Gasteiger partial charge in [0.05, 0.1) is 12.2 Å². The zero-order valence-electron chi connectivity index (χ0n) is 13.7. The maximum absolute atomic E-state index is 12.3. The molecule has 0 aliphatic carbocycles. The Morgan fingerprint density at radius 2 is 1.88 bits per heavy atom. The van der Waals surface area contributed by atoms with Crippen molar-refractivity contribution >= 4 is 32.4 Å². The maximum Gasteiger partial charge on any atom is 0.270 e. The molecule has 3 rings (SSSR count). The van der Waals surface area contributed by atoms with Gasteiger partial charge < -0.3 is 0 Å². The lowest BCUT2D eigenvalue weighted by Crippen LogP contribution is -2.23. The molecule has 0 saturated carbocycles. The number of nitrogens with one attached hydrogen (secondary N) is 2. The summed E-state index contributed by atoms with van der Waals surface area (Å²) in [7, 11) is -3.84. The van der Waals surface area contributed by atoms with Gasteiger partial charge in [-0.25, -0.2) is 13.1 Å². The number of pyridine rings is 1. The second-order valence-electron chi connectivity index (χ2n) is 5.29. The summed E-state index contributed by atoms with van der Waals surface area (Å²) in [5, 5.41) is 10.1. The summed E-state index contributed by atoms with van der Waals surface area (Å²) in [6.45, 7) is 1.85. The van der Waals surface area contributed by atoms with Crippen molar-refractivity contribution in [3.8, 4) is 0 Å². The summed E-state index contributed by atoms with van der Waals surface area (Å²) in [5.74, 6) is -0.371. The SMILES string of the molecule is Cc1ccccc1C(=O)Nc1nnc(S(=O)(=O)NCc2ccccn2)s1. The number of benzene rings is 1. The summed E-state index contributed by atoms with van der Waals surface area (Å²) >= 11 is 0.779. The molecule has 2 aromatic heterocycles. The Hall–Kier alpha value is -2.69. The number of anilines is 1. The van der Waals surface area contributed by atoms with Gasteiger partial charge in [0.25, 0.3) is 15.9 Å². The first-order valence-electron chi connectivity index (χ1n) is 7.56. The van der Waals surface area contributed by atoms with Crippen molar-refractivity contribution in [2.75, 3.05) is 5.32 Å². The third-order valence-corrected chi connectivity index (χ3v) is 6.02. The Morgan fingerprint density at radius 1 is 1.12 bits per heavy atom. The van der Waals surface area contributed by atoms with Crippen LogP contribution in [0.4, 0.5) is 5.13 Å². The van der Waals surface area contributed by atoms with E-state index in [-0.39, 0.29) is 21.9 Å². The first-order valence-corrected chi connectivity index (χ1v) is 9.86. The molecule has 8 nitrogen and oxygen atoms in total. The normalized spacial score (nSPS) is 11.3. The third-order valence-electron chi connectivity index (χ3n) is 3.42. The van der Waals surface area contributed by atoms with Crippen molar-refractivity contribution in [3.05, 3.63) is 65.5 Å². The standard InChI is InChI=1S/C16H15N5O3S2/c1-11-6-2-3-8-13(11)14(22)19-15-20-21-16(25-15)26(23,24)18-10-12-7-4-5-9-17-12/h2-9,18H,10H2,1H3,(H,19,20,22). The molecule has 1 amide bonds. The van der Waals surface area contributed by atoms with E-state index >= 15 is 0 Å². The maximum atomic E-state index is 12.3. The van der Waals surface area contributed by atoms with E-state index in [1.807, 2.05) is 19.1 Å². The van der Waals surface area contributed by atoms with Crippen LogP contribution >= 0.6 is 11.3 Å². The summed E-state index contributed by atoms with van der Waals surface area (Å²) in [6, 6.07) is 12.3. The summed E-state index contributed by atoms with van der Waals surface area (Å²) in [6.07, 6.45) is 1.58. The fourth-order valence-electron chi connectivity index (χ4n) is 2.09. The van der Waals surface area contributed by atoms with Gasteiger partial charge in [-0.3, -0.25) is 15.1 Å².